The van der Waals surface area contributed by atoms with Crippen LogP contribution in [0.3, 0.4) is 0 Å². The monoisotopic (exact) mass is 280 g/mol. The number of aromatic hydroxyl groups is 1. The van der Waals surface area contributed by atoms with Gasteiger partial charge in [0.1, 0.15) is 5.75 Å². The van der Waals surface area contributed by atoms with Gasteiger partial charge in [-0.05, 0) is 29.8 Å². The predicted molar refractivity (Wildman–Crippen MR) is 79.1 cm³/mol. The number of hydrogen-bond acceptors (Lipinski definition) is 6. The Morgan fingerprint density at radius 1 is 1.14 bits per heavy atom. The van der Waals surface area contributed by atoms with E-state index in [0.29, 0.717) is 17.0 Å². The fourth-order valence-corrected chi connectivity index (χ4v) is 1.79. The number of benzene rings is 1. The molecule has 2 N–H and O–H groups in total. The van der Waals surface area contributed by atoms with Crippen molar-refractivity contribution in [2.45, 2.75) is 0 Å². The molecule has 0 spiro atoms. The van der Waals surface area contributed by atoms with Crippen molar-refractivity contribution in [2.75, 3.05) is 5.43 Å². The fraction of sp³-hybridized carbons (Fsp3) is 0. The Labute approximate surface area is 120 Å². The van der Waals surface area contributed by atoms with Gasteiger partial charge in [0.25, 0.3) is 0 Å². The summed E-state index contributed by atoms with van der Waals surface area (Å²) in [6.07, 6.45) is 7.92. The van der Waals surface area contributed by atoms with Crippen LogP contribution in [-0.4, -0.2) is 21.3 Å². The molecule has 0 amide bonds. The molecule has 3 rings (SSSR count). The lowest BCUT2D eigenvalue weighted by Gasteiger charge is -2.04. The summed E-state index contributed by atoms with van der Waals surface area (Å²) >= 11 is 0. The molecule has 0 fully saturated rings. The lowest BCUT2D eigenvalue weighted by molar-refractivity contribution is 0.473. The number of hydrazone groups is 1. The Bertz CT molecular complexity index is 740. The zero-order valence-electron chi connectivity index (χ0n) is 11.0. The molecule has 1 aromatic carbocycles. The number of nitrogens with one attached hydrogen (secondary N) is 1. The van der Waals surface area contributed by atoms with Crippen molar-refractivity contribution >= 4 is 11.9 Å². The van der Waals surface area contributed by atoms with Crippen molar-refractivity contribution < 1.29 is 9.52 Å². The minimum atomic E-state index is 0.0934. The molecule has 0 radical (unpaired) electrons. The van der Waals surface area contributed by atoms with Crippen LogP contribution in [0.5, 0.6) is 5.75 Å². The van der Waals surface area contributed by atoms with E-state index in [1.54, 1.807) is 43.0 Å². The van der Waals surface area contributed by atoms with Gasteiger partial charge >= 0.3 is 0 Å². The molecule has 0 aliphatic heterocycles. The average Bonchev–Trinajstić information content (AvgIpc) is 3.02. The van der Waals surface area contributed by atoms with E-state index >= 15 is 0 Å². The van der Waals surface area contributed by atoms with Gasteiger partial charge in [0.15, 0.2) is 12.2 Å². The van der Waals surface area contributed by atoms with E-state index in [0.717, 1.165) is 5.56 Å². The molecule has 3 aromatic rings. The molecule has 0 aliphatic carbocycles. The van der Waals surface area contributed by atoms with Gasteiger partial charge in [-0.25, -0.2) is 4.98 Å². The maximum Gasteiger partial charge on any atom is 0.181 e. The Hall–Kier alpha value is -3.15. The topological polar surface area (TPSA) is 83.5 Å². The highest BCUT2D eigenvalue weighted by Crippen LogP contribution is 2.31. The number of phenolic OH excluding ortho intramolecular Hbond substituents is 1. The molecule has 0 saturated heterocycles. The van der Waals surface area contributed by atoms with Crippen LogP contribution in [0.2, 0.25) is 0 Å². The highest BCUT2D eigenvalue weighted by atomic mass is 16.3. The summed E-state index contributed by atoms with van der Waals surface area (Å²) in [5.41, 5.74) is 5.03. The first kappa shape index (κ1) is 12.9. The highest BCUT2D eigenvalue weighted by molar-refractivity contribution is 5.80. The van der Waals surface area contributed by atoms with Gasteiger partial charge in [-0.1, -0.05) is 0 Å². The minimum absolute atomic E-state index is 0.0934. The lowest BCUT2D eigenvalue weighted by atomic mass is 10.1. The van der Waals surface area contributed by atoms with Crippen LogP contribution in [-0.2, 0) is 0 Å². The van der Waals surface area contributed by atoms with Gasteiger partial charge in [-0.3, -0.25) is 10.4 Å². The quantitative estimate of drug-likeness (QED) is 0.567. The molecule has 0 saturated carbocycles. The van der Waals surface area contributed by atoms with Gasteiger partial charge in [0.05, 0.1) is 23.7 Å². The molecule has 104 valence electrons. The second-order valence-corrected chi connectivity index (χ2v) is 4.25. The molecular weight excluding hydrogens is 268 g/mol. The maximum atomic E-state index is 9.99. The van der Waals surface area contributed by atoms with Crippen LogP contribution in [0.15, 0.2) is 64.8 Å². The third-order valence-corrected chi connectivity index (χ3v) is 2.81. The van der Waals surface area contributed by atoms with Crippen molar-refractivity contribution in [3.05, 3.63) is 60.9 Å². The third kappa shape index (κ3) is 3.06. The molecular formula is C15H12N4O2. The van der Waals surface area contributed by atoms with Crippen molar-refractivity contribution in [3.63, 3.8) is 0 Å². The Balaban J connectivity index is 1.73. The van der Waals surface area contributed by atoms with E-state index < -0.39 is 0 Å². The average molecular weight is 280 g/mol. The van der Waals surface area contributed by atoms with Crippen LogP contribution < -0.4 is 5.43 Å². The lowest BCUT2D eigenvalue weighted by Crippen LogP contribution is -1.91. The molecule has 2 aromatic heterocycles. The Morgan fingerprint density at radius 3 is 2.71 bits per heavy atom. The number of rotatable bonds is 4. The number of phenols is 1. The summed E-state index contributed by atoms with van der Waals surface area (Å²) in [7, 11) is 0. The molecule has 2 heterocycles. The van der Waals surface area contributed by atoms with E-state index in [4.69, 9.17) is 4.42 Å². The number of oxazole rings is 1. The van der Waals surface area contributed by atoms with E-state index in [1.807, 2.05) is 12.1 Å². The summed E-state index contributed by atoms with van der Waals surface area (Å²) in [5, 5.41) is 14.1. The SMILES string of the molecule is Oc1cc(NN=Cc2ccncc2)ccc1-c1cnco1. The molecule has 0 unspecified atom stereocenters. The van der Waals surface area contributed by atoms with E-state index in [-0.39, 0.29) is 5.75 Å². The van der Waals surface area contributed by atoms with Crippen LogP contribution in [0.1, 0.15) is 5.56 Å². The fourth-order valence-electron chi connectivity index (χ4n) is 1.79. The summed E-state index contributed by atoms with van der Waals surface area (Å²) < 4.78 is 5.15. The first-order chi connectivity index (χ1) is 10.3. The second kappa shape index (κ2) is 5.87. The van der Waals surface area contributed by atoms with E-state index in [2.05, 4.69) is 20.5 Å². The standard InChI is InChI=1S/C15H12N4O2/c20-14-7-12(1-2-13(14)15-9-17-10-21-15)19-18-8-11-3-5-16-6-4-11/h1-10,19-20H. The molecule has 21 heavy (non-hydrogen) atoms. The van der Waals surface area contributed by atoms with Gasteiger partial charge < -0.3 is 9.52 Å². The number of pyridine rings is 1. The van der Waals surface area contributed by atoms with Gasteiger partial charge in [-0.2, -0.15) is 5.10 Å². The van der Waals surface area contributed by atoms with Crippen LogP contribution in [0.25, 0.3) is 11.3 Å². The van der Waals surface area contributed by atoms with E-state index in [9.17, 15) is 5.11 Å². The predicted octanol–water partition coefficient (Wildman–Crippen LogP) is 2.89. The second-order valence-electron chi connectivity index (χ2n) is 4.25. The molecule has 6 nitrogen and oxygen atoms in total. The number of aromatic nitrogens is 2. The number of anilines is 1. The number of nitrogens with zero attached hydrogens (tertiary/aromatic N) is 3. The maximum absolute atomic E-state index is 9.99. The molecule has 6 heteroatoms. The summed E-state index contributed by atoms with van der Waals surface area (Å²) in [4.78, 5) is 7.75. The van der Waals surface area contributed by atoms with Crippen molar-refractivity contribution in [1.29, 1.82) is 0 Å². The van der Waals surface area contributed by atoms with Crippen LogP contribution >= 0.6 is 0 Å². The zero-order valence-corrected chi connectivity index (χ0v) is 11.0. The normalized spacial score (nSPS) is 10.9. The van der Waals surface area contributed by atoms with E-state index in [1.165, 1.54) is 6.39 Å². The summed E-state index contributed by atoms with van der Waals surface area (Å²) in [5.74, 6) is 0.607. The third-order valence-electron chi connectivity index (χ3n) is 2.81. The number of hydrogen-bond donors (Lipinski definition) is 2. The first-order valence-corrected chi connectivity index (χ1v) is 6.24. The summed E-state index contributed by atoms with van der Waals surface area (Å²) in [6, 6.07) is 8.79. The smallest absolute Gasteiger partial charge is 0.181 e. The summed E-state index contributed by atoms with van der Waals surface area (Å²) in [6.45, 7) is 0. The van der Waals surface area contributed by atoms with Gasteiger partial charge in [0.2, 0.25) is 0 Å². The Kier molecular flexibility index (Phi) is 3.60. The molecule has 0 aliphatic rings. The zero-order chi connectivity index (χ0) is 14.5. The van der Waals surface area contributed by atoms with Crippen molar-refractivity contribution in [1.82, 2.24) is 9.97 Å². The van der Waals surface area contributed by atoms with Crippen molar-refractivity contribution in [2.24, 2.45) is 5.10 Å². The van der Waals surface area contributed by atoms with Crippen LogP contribution in [0.4, 0.5) is 5.69 Å². The van der Waals surface area contributed by atoms with Crippen molar-refractivity contribution in [3.8, 4) is 17.1 Å². The van der Waals surface area contributed by atoms with Crippen LogP contribution in [0, 0.1) is 0 Å². The highest BCUT2D eigenvalue weighted by Gasteiger charge is 2.07. The largest absolute Gasteiger partial charge is 0.507 e. The minimum Gasteiger partial charge on any atom is -0.507 e. The molecule has 0 bridgehead atoms. The molecule has 0 atom stereocenters. The first-order valence-electron chi connectivity index (χ1n) is 6.24. The van der Waals surface area contributed by atoms with Gasteiger partial charge in [0, 0.05) is 18.5 Å². The Morgan fingerprint density at radius 2 is 2.00 bits per heavy atom. The van der Waals surface area contributed by atoms with Gasteiger partial charge in [-0.15, -0.1) is 0 Å².